The van der Waals surface area contributed by atoms with E-state index < -0.39 is 4.92 Å². The Hall–Kier alpha value is -1.93. The van der Waals surface area contributed by atoms with E-state index in [9.17, 15) is 14.9 Å². The molecule has 0 amide bonds. The summed E-state index contributed by atoms with van der Waals surface area (Å²) in [5, 5.41) is 11.0. The van der Waals surface area contributed by atoms with Gasteiger partial charge < -0.3 is 9.47 Å². The van der Waals surface area contributed by atoms with Crippen LogP contribution in [-0.2, 0) is 0 Å². The minimum absolute atomic E-state index is 0.0829. The number of hydrogen-bond acceptors (Lipinski definition) is 5. The number of carbonyl (C=O) groups excluding carboxylic acids is 1. The summed E-state index contributed by atoms with van der Waals surface area (Å²) in [7, 11) is 1.55. The van der Waals surface area contributed by atoms with Gasteiger partial charge in [-0.05, 0) is 56.8 Å². The highest BCUT2D eigenvalue weighted by molar-refractivity contribution is 9.11. The van der Waals surface area contributed by atoms with E-state index in [2.05, 4.69) is 31.9 Å². The molecule has 0 atom stereocenters. The molecule has 26 heavy (non-hydrogen) atoms. The molecule has 0 fully saturated rings. The number of benzene rings is 2. The number of rotatable bonds is 6. The van der Waals surface area contributed by atoms with Crippen LogP contribution < -0.4 is 9.47 Å². The Morgan fingerprint density at radius 3 is 2.12 bits per heavy atom. The number of nitro benzene ring substituents is 1. The molecular weight excluding hydrogens is 470 g/mol. The lowest BCUT2D eigenvalue weighted by Crippen LogP contribution is -2.03. The molecule has 0 aliphatic rings. The second kappa shape index (κ2) is 8.18. The molecular formula is C18H17Br2NO5. The monoisotopic (exact) mass is 485 g/mol. The van der Waals surface area contributed by atoms with Gasteiger partial charge in [-0.2, -0.15) is 0 Å². The first-order valence-corrected chi connectivity index (χ1v) is 9.28. The van der Waals surface area contributed by atoms with Crippen molar-refractivity contribution in [3.05, 3.63) is 54.5 Å². The predicted octanol–water partition coefficient (Wildman–Crippen LogP) is 6.25. The van der Waals surface area contributed by atoms with E-state index >= 15 is 0 Å². The quantitative estimate of drug-likeness (QED) is 0.274. The van der Waals surface area contributed by atoms with Gasteiger partial charge in [0.1, 0.15) is 11.5 Å². The maximum absolute atomic E-state index is 12.1. The summed E-state index contributed by atoms with van der Waals surface area (Å²) in [6.45, 7) is 5.45. The van der Waals surface area contributed by atoms with Crippen LogP contribution in [0.3, 0.4) is 0 Å². The van der Waals surface area contributed by atoms with Crippen molar-refractivity contribution in [1.29, 1.82) is 0 Å². The SMILES string of the molecule is COc1cc(C(C)=O)c(Oc2c(Br)cc([N+](=O)[O-])cc2Br)cc1C(C)C. The molecule has 138 valence electrons. The van der Waals surface area contributed by atoms with Crippen molar-refractivity contribution in [3.8, 4) is 17.2 Å². The molecule has 0 spiro atoms. The van der Waals surface area contributed by atoms with Crippen molar-refractivity contribution in [2.24, 2.45) is 0 Å². The lowest BCUT2D eigenvalue weighted by atomic mass is 9.98. The second-order valence-corrected chi connectivity index (χ2v) is 7.61. The summed E-state index contributed by atoms with van der Waals surface area (Å²) in [6.07, 6.45) is 0. The van der Waals surface area contributed by atoms with E-state index in [0.29, 0.717) is 31.8 Å². The van der Waals surface area contributed by atoms with Crippen LogP contribution in [0.4, 0.5) is 5.69 Å². The molecule has 0 aliphatic heterocycles. The molecule has 0 aromatic heterocycles. The molecule has 0 unspecified atom stereocenters. The van der Waals surface area contributed by atoms with Crippen LogP contribution >= 0.6 is 31.9 Å². The molecule has 8 heteroatoms. The number of Topliss-reactive ketones (excluding diaryl/α,β-unsaturated/α-hetero) is 1. The number of hydrogen-bond donors (Lipinski definition) is 0. The Labute approximate surface area is 167 Å². The Morgan fingerprint density at radius 2 is 1.69 bits per heavy atom. The summed E-state index contributed by atoms with van der Waals surface area (Å²) in [6, 6.07) is 6.11. The van der Waals surface area contributed by atoms with Crippen LogP contribution in [0, 0.1) is 10.1 Å². The minimum atomic E-state index is -0.495. The fraction of sp³-hybridized carbons (Fsp3) is 0.278. The highest BCUT2D eigenvalue weighted by Gasteiger charge is 2.21. The highest BCUT2D eigenvalue weighted by atomic mass is 79.9. The fourth-order valence-electron chi connectivity index (χ4n) is 2.42. The molecule has 2 aromatic carbocycles. The predicted molar refractivity (Wildman–Crippen MR) is 106 cm³/mol. The summed E-state index contributed by atoms with van der Waals surface area (Å²) < 4.78 is 12.2. The first-order chi connectivity index (χ1) is 12.1. The maximum Gasteiger partial charge on any atom is 0.271 e. The van der Waals surface area contributed by atoms with Crippen molar-refractivity contribution in [1.82, 2.24) is 0 Å². The van der Waals surface area contributed by atoms with Gasteiger partial charge in [0.2, 0.25) is 0 Å². The van der Waals surface area contributed by atoms with Crippen LogP contribution in [0.25, 0.3) is 0 Å². The Bertz CT molecular complexity index is 857. The number of halogens is 2. The van der Waals surface area contributed by atoms with Crippen molar-refractivity contribution in [2.45, 2.75) is 26.7 Å². The number of methoxy groups -OCH3 is 1. The van der Waals surface area contributed by atoms with Gasteiger partial charge in [-0.1, -0.05) is 13.8 Å². The van der Waals surface area contributed by atoms with Crippen LogP contribution in [0.15, 0.2) is 33.2 Å². The number of ketones is 1. The van der Waals surface area contributed by atoms with Crippen LogP contribution in [-0.4, -0.2) is 17.8 Å². The smallest absolute Gasteiger partial charge is 0.271 e. The first kappa shape index (κ1) is 20.4. The lowest BCUT2D eigenvalue weighted by molar-refractivity contribution is -0.385. The van der Waals surface area contributed by atoms with E-state index in [1.54, 1.807) is 19.2 Å². The highest BCUT2D eigenvalue weighted by Crippen LogP contribution is 2.42. The van der Waals surface area contributed by atoms with E-state index in [4.69, 9.17) is 9.47 Å². The van der Waals surface area contributed by atoms with Crippen LogP contribution in [0.1, 0.15) is 42.6 Å². The van der Waals surface area contributed by atoms with E-state index in [0.717, 1.165) is 5.56 Å². The fourth-order valence-corrected chi connectivity index (χ4v) is 3.75. The van der Waals surface area contributed by atoms with Gasteiger partial charge >= 0.3 is 0 Å². The average Bonchev–Trinajstić information content (AvgIpc) is 2.56. The van der Waals surface area contributed by atoms with Gasteiger partial charge in [-0.25, -0.2) is 0 Å². The summed E-state index contributed by atoms with van der Waals surface area (Å²) in [4.78, 5) is 22.5. The van der Waals surface area contributed by atoms with Crippen molar-refractivity contribution in [2.75, 3.05) is 7.11 Å². The molecule has 0 saturated carbocycles. The van der Waals surface area contributed by atoms with Crippen LogP contribution in [0.2, 0.25) is 0 Å². The Morgan fingerprint density at radius 1 is 1.12 bits per heavy atom. The number of ether oxygens (including phenoxy) is 2. The van der Waals surface area contributed by atoms with Gasteiger partial charge in [-0.15, -0.1) is 0 Å². The van der Waals surface area contributed by atoms with Gasteiger partial charge in [0.15, 0.2) is 11.5 Å². The van der Waals surface area contributed by atoms with Crippen molar-refractivity contribution >= 4 is 43.3 Å². The average molecular weight is 487 g/mol. The Balaban J connectivity index is 2.60. The molecule has 0 aliphatic carbocycles. The third kappa shape index (κ3) is 4.24. The third-order valence-electron chi connectivity index (χ3n) is 3.74. The first-order valence-electron chi connectivity index (χ1n) is 7.69. The normalized spacial score (nSPS) is 10.7. The molecule has 6 nitrogen and oxygen atoms in total. The van der Waals surface area contributed by atoms with Gasteiger partial charge in [0.05, 0.1) is 26.5 Å². The molecule has 0 saturated heterocycles. The lowest BCUT2D eigenvalue weighted by Gasteiger charge is -2.18. The molecule has 2 rings (SSSR count). The standard InChI is InChI=1S/C18H17Br2NO5/c1-9(2)12-7-17(13(10(3)22)8-16(12)25-4)26-18-14(19)5-11(21(23)24)6-15(18)20/h5-9H,1-4H3. The summed E-state index contributed by atoms with van der Waals surface area (Å²) >= 11 is 6.58. The number of nitrogens with zero attached hydrogens (tertiary/aromatic N) is 1. The Kier molecular flexibility index (Phi) is 6.41. The zero-order chi connectivity index (χ0) is 19.6. The molecule has 2 aromatic rings. The van der Waals surface area contributed by atoms with Gasteiger partial charge in [0.25, 0.3) is 5.69 Å². The van der Waals surface area contributed by atoms with E-state index in [1.807, 2.05) is 13.8 Å². The second-order valence-electron chi connectivity index (χ2n) is 5.90. The summed E-state index contributed by atoms with van der Waals surface area (Å²) in [5.41, 5.74) is 1.17. The maximum atomic E-state index is 12.1. The van der Waals surface area contributed by atoms with Crippen molar-refractivity contribution < 1.29 is 19.2 Å². The van der Waals surface area contributed by atoms with Crippen molar-refractivity contribution in [3.63, 3.8) is 0 Å². The zero-order valence-corrected chi connectivity index (χ0v) is 17.8. The minimum Gasteiger partial charge on any atom is -0.496 e. The van der Waals surface area contributed by atoms with Crippen LogP contribution in [0.5, 0.6) is 17.2 Å². The van der Waals surface area contributed by atoms with Gasteiger partial charge in [0, 0.05) is 17.7 Å². The molecule has 0 N–H and O–H groups in total. The largest absolute Gasteiger partial charge is 0.496 e. The third-order valence-corrected chi connectivity index (χ3v) is 4.92. The summed E-state index contributed by atoms with van der Waals surface area (Å²) in [5.74, 6) is 1.29. The van der Waals surface area contributed by atoms with Gasteiger partial charge in [-0.3, -0.25) is 14.9 Å². The molecule has 0 radical (unpaired) electrons. The van der Waals surface area contributed by atoms with E-state index in [1.165, 1.54) is 19.1 Å². The zero-order valence-electron chi connectivity index (χ0n) is 14.6. The van der Waals surface area contributed by atoms with E-state index in [-0.39, 0.29) is 17.4 Å². The molecule has 0 bridgehead atoms. The number of non-ortho nitro benzene ring substituents is 1. The molecule has 0 heterocycles. The topological polar surface area (TPSA) is 78.7 Å². The number of carbonyl (C=O) groups is 1. The number of nitro groups is 1.